The molecule has 2 rings (SSSR count). The average Bonchev–Trinajstić information content (AvgIpc) is 2.77. The lowest BCUT2D eigenvalue weighted by Gasteiger charge is -2.30. The van der Waals surface area contributed by atoms with E-state index in [9.17, 15) is 4.79 Å². The van der Waals surface area contributed by atoms with Crippen LogP contribution in [-0.2, 0) is 9.53 Å². The van der Waals surface area contributed by atoms with Gasteiger partial charge < -0.3 is 4.74 Å². The minimum Gasteiger partial charge on any atom is -0.451 e. The van der Waals surface area contributed by atoms with E-state index < -0.39 is 11.6 Å². The molecule has 0 fully saturated rings. The highest BCUT2D eigenvalue weighted by molar-refractivity contribution is 5.81. The molecule has 0 amide bonds. The monoisotopic (exact) mass is 402 g/mol. The van der Waals surface area contributed by atoms with E-state index in [4.69, 9.17) is 4.74 Å². The van der Waals surface area contributed by atoms with Gasteiger partial charge in [0.2, 0.25) is 0 Å². The fourth-order valence-corrected chi connectivity index (χ4v) is 2.47. The Bertz CT molecular complexity index is 962. The predicted molar refractivity (Wildman–Crippen MR) is 119 cm³/mol. The van der Waals surface area contributed by atoms with Gasteiger partial charge in [-0.25, -0.2) is 4.79 Å². The first kappa shape index (κ1) is 22.6. The number of hydrogen-bond acceptors (Lipinski definition) is 6. The van der Waals surface area contributed by atoms with E-state index in [1.54, 1.807) is 13.0 Å². The van der Waals surface area contributed by atoms with Crippen molar-refractivity contribution in [3.63, 3.8) is 0 Å². The van der Waals surface area contributed by atoms with Gasteiger partial charge in [-0.15, -0.1) is 0 Å². The molecule has 6 heteroatoms. The maximum Gasteiger partial charge on any atom is 0.331 e. The topological polar surface area (TPSA) is 75.7 Å². The summed E-state index contributed by atoms with van der Waals surface area (Å²) in [6, 6.07) is 16.8. The Hall–Kier alpha value is -3.67. The highest BCUT2D eigenvalue weighted by atomic mass is 16.6. The summed E-state index contributed by atoms with van der Waals surface area (Å²) in [6.07, 6.45) is 4.61. The third kappa shape index (κ3) is 6.74. The molecule has 0 saturated heterocycles. The molecule has 0 saturated carbocycles. The van der Waals surface area contributed by atoms with Crippen molar-refractivity contribution in [1.82, 2.24) is 0 Å². The van der Waals surface area contributed by atoms with Crippen molar-refractivity contribution in [3.8, 4) is 0 Å². The third-order valence-electron chi connectivity index (χ3n) is 4.50. The zero-order valence-electron chi connectivity index (χ0n) is 17.5. The minimum atomic E-state index is -0.868. The fourth-order valence-electron chi connectivity index (χ4n) is 2.47. The molecule has 2 aromatic carbocycles. The molecule has 0 radical (unpaired) electrons. The van der Waals surface area contributed by atoms with Crippen LogP contribution >= 0.6 is 0 Å². The average molecular weight is 402 g/mol. The number of azo groups is 2. The first-order valence-electron chi connectivity index (χ1n) is 9.52. The molecule has 0 aliphatic carbocycles. The fraction of sp³-hybridized carbons (Fsp3) is 0.208. The summed E-state index contributed by atoms with van der Waals surface area (Å²) in [5, 5.41) is 16.9. The Morgan fingerprint density at radius 2 is 1.50 bits per heavy atom. The number of hydrogen-bond donors (Lipinski definition) is 0. The highest BCUT2D eigenvalue weighted by Crippen LogP contribution is 2.27. The van der Waals surface area contributed by atoms with Gasteiger partial charge in [0.15, 0.2) is 0 Å². The van der Waals surface area contributed by atoms with E-state index in [1.807, 2.05) is 74.5 Å². The first-order valence-corrected chi connectivity index (χ1v) is 9.52. The molecule has 0 aliphatic rings. The Morgan fingerprint density at radius 3 is 2.03 bits per heavy atom. The molecule has 2 atom stereocenters. The number of ether oxygens (including phenoxy) is 1. The van der Waals surface area contributed by atoms with Crippen molar-refractivity contribution >= 4 is 23.0 Å². The normalized spacial score (nSPS) is 15.0. The Kier molecular flexibility index (Phi) is 8.11. The number of carbonyl (C=O) groups excluding carboxylic acids is 1. The SMILES string of the molecule is C=CC(=O)OC(C)(C=C)C(C)C=C(C)N=Nc1ccc(N=Nc2ccccc2)cc1. The van der Waals surface area contributed by atoms with E-state index in [2.05, 4.69) is 33.6 Å². The predicted octanol–water partition coefficient (Wildman–Crippen LogP) is 7.40. The molecule has 0 aliphatic heterocycles. The molecule has 0 aromatic heterocycles. The zero-order valence-corrected chi connectivity index (χ0v) is 17.5. The molecule has 0 bridgehead atoms. The van der Waals surface area contributed by atoms with Crippen molar-refractivity contribution in [3.05, 3.63) is 91.7 Å². The van der Waals surface area contributed by atoms with E-state index >= 15 is 0 Å². The van der Waals surface area contributed by atoms with E-state index in [1.165, 1.54) is 0 Å². The number of benzene rings is 2. The lowest BCUT2D eigenvalue weighted by molar-refractivity contribution is -0.150. The lowest BCUT2D eigenvalue weighted by atomic mass is 9.90. The van der Waals surface area contributed by atoms with Gasteiger partial charge in [0.05, 0.1) is 22.8 Å². The van der Waals surface area contributed by atoms with Crippen LogP contribution in [0.25, 0.3) is 0 Å². The van der Waals surface area contributed by atoms with Crippen molar-refractivity contribution in [1.29, 1.82) is 0 Å². The van der Waals surface area contributed by atoms with Gasteiger partial charge in [0.25, 0.3) is 0 Å². The van der Waals surface area contributed by atoms with Gasteiger partial charge in [0.1, 0.15) is 5.60 Å². The van der Waals surface area contributed by atoms with Crippen LogP contribution in [0, 0.1) is 5.92 Å². The molecule has 0 spiro atoms. The summed E-state index contributed by atoms with van der Waals surface area (Å²) < 4.78 is 5.42. The van der Waals surface area contributed by atoms with E-state index in [0.717, 1.165) is 17.5 Å². The highest BCUT2D eigenvalue weighted by Gasteiger charge is 2.30. The molecule has 0 N–H and O–H groups in total. The Morgan fingerprint density at radius 1 is 0.967 bits per heavy atom. The number of nitrogens with zero attached hydrogens (tertiary/aromatic N) is 4. The molecule has 6 nitrogen and oxygen atoms in total. The van der Waals surface area contributed by atoms with Gasteiger partial charge in [-0.1, -0.05) is 44.4 Å². The summed E-state index contributed by atoms with van der Waals surface area (Å²) in [4.78, 5) is 11.6. The number of rotatable bonds is 9. The van der Waals surface area contributed by atoms with Crippen LogP contribution in [0.2, 0.25) is 0 Å². The molecular weight excluding hydrogens is 376 g/mol. The standard InChI is InChI=1S/C24H26N4O2/c1-6-23(29)30-24(5,7-2)18(3)17-19(4)25-26-21-13-15-22(16-14-21)28-27-20-11-9-8-10-12-20/h6-18H,1-2H2,3-5H3. The smallest absolute Gasteiger partial charge is 0.331 e. The van der Waals surface area contributed by atoms with Crippen LogP contribution in [0.4, 0.5) is 17.1 Å². The maximum atomic E-state index is 11.6. The maximum absolute atomic E-state index is 11.6. The van der Waals surface area contributed by atoms with E-state index in [-0.39, 0.29) is 5.92 Å². The minimum absolute atomic E-state index is 0.154. The van der Waals surface area contributed by atoms with Gasteiger partial charge in [-0.3, -0.25) is 0 Å². The van der Waals surface area contributed by atoms with Crippen LogP contribution in [-0.4, -0.2) is 11.6 Å². The van der Waals surface area contributed by atoms with Gasteiger partial charge in [-0.05, 0) is 56.3 Å². The second-order valence-electron chi connectivity index (χ2n) is 6.86. The molecule has 30 heavy (non-hydrogen) atoms. The Balaban J connectivity index is 2.03. The quantitative estimate of drug-likeness (QED) is 0.190. The van der Waals surface area contributed by atoms with Crippen LogP contribution in [0.15, 0.2) is 112 Å². The summed E-state index contributed by atoms with van der Waals surface area (Å²) in [6.45, 7) is 12.7. The van der Waals surface area contributed by atoms with Crippen molar-refractivity contribution in [2.75, 3.05) is 0 Å². The van der Waals surface area contributed by atoms with Crippen LogP contribution in [0.5, 0.6) is 0 Å². The van der Waals surface area contributed by atoms with Crippen LogP contribution in [0.1, 0.15) is 20.8 Å². The summed E-state index contributed by atoms with van der Waals surface area (Å²) in [5.41, 5.74) is 2.04. The molecule has 2 aromatic rings. The summed E-state index contributed by atoms with van der Waals surface area (Å²) in [5.74, 6) is -0.653. The lowest BCUT2D eigenvalue weighted by Crippen LogP contribution is -2.35. The van der Waals surface area contributed by atoms with Gasteiger partial charge >= 0.3 is 5.97 Å². The van der Waals surface area contributed by atoms with E-state index in [0.29, 0.717) is 11.4 Å². The van der Waals surface area contributed by atoms with Crippen molar-refractivity contribution in [2.45, 2.75) is 26.4 Å². The number of allylic oxidation sites excluding steroid dienone is 1. The van der Waals surface area contributed by atoms with Crippen LogP contribution < -0.4 is 0 Å². The van der Waals surface area contributed by atoms with Gasteiger partial charge in [-0.2, -0.15) is 20.5 Å². The number of esters is 1. The molecule has 2 unspecified atom stereocenters. The van der Waals surface area contributed by atoms with Gasteiger partial charge in [0, 0.05) is 12.0 Å². The molecule has 0 heterocycles. The zero-order chi connectivity index (χ0) is 22.0. The summed E-state index contributed by atoms with van der Waals surface area (Å²) in [7, 11) is 0. The van der Waals surface area contributed by atoms with Crippen molar-refractivity contribution in [2.24, 2.45) is 26.4 Å². The molecule has 154 valence electrons. The van der Waals surface area contributed by atoms with Crippen molar-refractivity contribution < 1.29 is 9.53 Å². The largest absolute Gasteiger partial charge is 0.451 e. The Labute approximate surface area is 177 Å². The number of carbonyl (C=O) groups is 1. The third-order valence-corrected chi connectivity index (χ3v) is 4.50. The summed E-state index contributed by atoms with van der Waals surface area (Å²) >= 11 is 0. The second-order valence-corrected chi connectivity index (χ2v) is 6.86. The first-order chi connectivity index (χ1) is 14.4. The molecular formula is C24H26N4O2. The van der Waals surface area contributed by atoms with Crippen LogP contribution in [0.3, 0.4) is 0 Å². The second kappa shape index (κ2) is 10.8.